The number of nitrogens with two attached hydrogens (primary N) is 1. The Morgan fingerprint density at radius 1 is 1.35 bits per heavy atom. The number of rotatable bonds is 5. The maximum Gasteiger partial charge on any atom is 0.149 e. The SMILES string of the molecule is CS(=O)(=O)CC(Cc1c(F)cccc1F)NN. The quantitative estimate of drug-likeness (QED) is 0.596. The van der Waals surface area contributed by atoms with Crippen molar-refractivity contribution in [2.75, 3.05) is 12.0 Å². The molecular formula is C10H14F2N2O2S. The molecule has 0 heterocycles. The van der Waals surface area contributed by atoms with Gasteiger partial charge in [0.15, 0.2) is 0 Å². The van der Waals surface area contributed by atoms with Gasteiger partial charge in [0, 0.05) is 17.9 Å². The first-order chi connectivity index (χ1) is 7.83. The fourth-order valence-corrected chi connectivity index (χ4v) is 2.45. The summed E-state index contributed by atoms with van der Waals surface area (Å²) in [6.45, 7) is 0. The summed E-state index contributed by atoms with van der Waals surface area (Å²) in [6, 6.07) is 2.76. The van der Waals surface area contributed by atoms with E-state index in [0.717, 1.165) is 18.4 Å². The van der Waals surface area contributed by atoms with Gasteiger partial charge in [-0.05, 0) is 18.6 Å². The zero-order valence-corrected chi connectivity index (χ0v) is 10.1. The Morgan fingerprint density at radius 2 is 1.88 bits per heavy atom. The Labute approximate surface area is 98.7 Å². The van der Waals surface area contributed by atoms with E-state index in [1.54, 1.807) is 0 Å². The molecule has 1 aromatic rings. The zero-order chi connectivity index (χ0) is 13.1. The van der Waals surface area contributed by atoms with Crippen molar-refractivity contribution in [2.45, 2.75) is 12.5 Å². The molecule has 1 rings (SSSR count). The molecule has 4 nitrogen and oxygen atoms in total. The number of halogens is 2. The van der Waals surface area contributed by atoms with Crippen LogP contribution < -0.4 is 11.3 Å². The first-order valence-electron chi connectivity index (χ1n) is 4.90. The van der Waals surface area contributed by atoms with Crippen molar-refractivity contribution in [2.24, 2.45) is 5.84 Å². The standard InChI is InChI=1S/C10H14F2N2O2S/c1-17(15,16)6-7(14-13)5-8-9(11)3-2-4-10(8)12/h2-4,7,14H,5-6,13H2,1H3. The lowest BCUT2D eigenvalue weighted by atomic mass is 10.1. The highest BCUT2D eigenvalue weighted by Gasteiger charge is 2.18. The average Bonchev–Trinajstić information content (AvgIpc) is 2.20. The van der Waals surface area contributed by atoms with Crippen molar-refractivity contribution in [1.29, 1.82) is 0 Å². The van der Waals surface area contributed by atoms with Crippen LogP contribution in [0.4, 0.5) is 8.78 Å². The second kappa shape index (κ2) is 5.52. The average molecular weight is 264 g/mol. The molecule has 0 amide bonds. The largest absolute Gasteiger partial charge is 0.271 e. The van der Waals surface area contributed by atoms with Gasteiger partial charge in [0.2, 0.25) is 0 Å². The molecule has 0 bridgehead atoms. The summed E-state index contributed by atoms with van der Waals surface area (Å²) in [6.07, 6.45) is 0.914. The van der Waals surface area contributed by atoms with Crippen molar-refractivity contribution in [3.05, 3.63) is 35.4 Å². The smallest absolute Gasteiger partial charge is 0.149 e. The summed E-state index contributed by atoms with van der Waals surface area (Å²) in [7, 11) is -3.27. The van der Waals surface area contributed by atoms with Gasteiger partial charge in [-0.3, -0.25) is 11.3 Å². The van der Waals surface area contributed by atoms with Crippen LogP contribution >= 0.6 is 0 Å². The monoisotopic (exact) mass is 264 g/mol. The number of hydrogen-bond donors (Lipinski definition) is 2. The Morgan fingerprint density at radius 3 is 2.29 bits per heavy atom. The maximum absolute atomic E-state index is 13.3. The van der Waals surface area contributed by atoms with E-state index in [4.69, 9.17) is 5.84 Å². The second-order valence-corrected chi connectivity index (χ2v) is 6.05. The Balaban J connectivity index is 2.88. The van der Waals surface area contributed by atoms with Crippen molar-refractivity contribution >= 4 is 9.84 Å². The van der Waals surface area contributed by atoms with Crippen LogP contribution in [-0.2, 0) is 16.3 Å². The third-order valence-electron chi connectivity index (χ3n) is 2.25. The molecule has 3 N–H and O–H groups in total. The summed E-state index contributed by atoms with van der Waals surface area (Å²) < 4.78 is 48.8. The van der Waals surface area contributed by atoms with Crippen molar-refractivity contribution < 1.29 is 17.2 Å². The summed E-state index contributed by atoms with van der Waals surface area (Å²) in [5.74, 6) is 3.47. The molecule has 0 saturated heterocycles. The molecule has 1 aromatic carbocycles. The lowest BCUT2D eigenvalue weighted by molar-refractivity contribution is 0.503. The first-order valence-corrected chi connectivity index (χ1v) is 6.96. The fraction of sp³-hybridized carbons (Fsp3) is 0.400. The molecule has 0 aliphatic rings. The number of hydrazine groups is 1. The van der Waals surface area contributed by atoms with Crippen LogP contribution in [0.2, 0.25) is 0 Å². The highest BCUT2D eigenvalue weighted by atomic mass is 32.2. The third-order valence-corrected chi connectivity index (χ3v) is 3.26. The molecule has 0 radical (unpaired) electrons. The summed E-state index contributed by atoms with van der Waals surface area (Å²) in [5, 5.41) is 0. The minimum absolute atomic E-state index is 0.123. The molecule has 17 heavy (non-hydrogen) atoms. The van der Waals surface area contributed by atoms with E-state index in [0.29, 0.717) is 0 Å². The molecular weight excluding hydrogens is 250 g/mol. The van der Waals surface area contributed by atoms with Crippen LogP contribution in [-0.4, -0.2) is 26.5 Å². The number of sulfone groups is 1. The van der Waals surface area contributed by atoms with Gasteiger partial charge in [-0.1, -0.05) is 6.07 Å². The highest BCUT2D eigenvalue weighted by Crippen LogP contribution is 2.14. The minimum atomic E-state index is -3.27. The van der Waals surface area contributed by atoms with Gasteiger partial charge in [-0.2, -0.15) is 0 Å². The van der Waals surface area contributed by atoms with Gasteiger partial charge in [0.25, 0.3) is 0 Å². The van der Waals surface area contributed by atoms with E-state index >= 15 is 0 Å². The van der Waals surface area contributed by atoms with E-state index < -0.39 is 27.5 Å². The van der Waals surface area contributed by atoms with Gasteiger partial charge in [-0.25, -0.2) is 17.2 Å². The second-order valence-electron chi connectivity index (χ2n) is 3.86. The van der Waals surface area contributed by atoms with Crippen molar-refractivity contribution in [1.82, 2.24) is 5.43 Å². The molecule has 0 aromatic heterocycles. The molecule has 0 aliphatic carbocycles. The van der Waals surface area contributed by atoms with Gasteiger partial charge in [0.05, 0.1) is 5.75 Å². The highest BCUT2D eigenvalue weighted by molar-refractivity contribution is 7.90. The summed E-state index contributed by atoms with van der Waals surface area (Å²) in [5.41, 5.74) is 2.08. The van der Waals surface area contributed by atoms with Gasteiger partial charge in [0.1, 0.15) is 21.5 Å². The Hall–Kier alpha value is -1.05. The third kappa shape index (κ3) is 4.37. The van der Waals surface area contributed by atoms with Crippen molar-refractivity contribution in [3.8, 4) is 0 Å². The molecule has 0 aliphatic heterocycles. The zero-order valence-electron chi connectivity index (χ0n) is 9.28. The number of hydrogen-bond acceptors (Lipinski definition) is 4. The normalized spacial score (nSPS) is 13.6. The topological polar surface area (TPSA) is 72.2 Å². The lowest BCUT2D eigenvalue weighted by Crippen LogP contribution is -2.42. The number of benzene rings is 1. The van der Waals surface area contributed by atoms with E-state index in [9.17, 15) is 17.2 Å². The predicted molar refractivity (Wildman–Crippen MR) is 60.9 cm³/mol. The van der Waals surface area contributed by atoms with Gasteiger partial charge >= 0.3 is 0 Å². The fourth-order valence-electron chi connectivity index (χ4n) is 1.51. The molecule has 7 heteroatoms. The van der Waals surface area contributed by atoms with Crippen LogP contribution in [0.5, 0.6) is 0 Å². The Kier molecular flexibility index (Phi) is 4.55. The van der Waals surface area contributed by atoms with E-state index in [2.05, 4.69) is 5.43 Å². The van der Waals surface area contributed by atoms with E-state index in [-0.39, 0.29) is 17.7 Å². The van der Waals surface area contributed by atoms with Gasteiger partial charge in [-0.15, -0.1) is 0 Å². The maximum atomic E-state index is 13.3. The number of nitrogens with one attached hydrogen (secondary N) is 1. The molecule has 96 valence electrons. The molecule has 1 atom stereocenters. The van der Waals surface area contributed by atoms with E-state index in [1.165, 1.54) is 6.07 Å². The van der Waals surface area contributed by atoms with Crippen molar-refractivity contribution in [3.63, 3.8) is 0 Å². The minimum Gasteiger partial charge on any atom is -0.271 e. The lowest BCUT2D eigenvalue weighted by Gasteiger charge is -2.15. The first kappa shape index (κ1) is 14.0. The Bertz CT molecular complexity index is 471. The molecule has 0 spiro atoms. The molecule has 1 unspecified atom stereocenters. The van der Waals surface area contributed by atoms with Crippen LogP contribution in [0.25, 0.3) is 0 Å². The van der Waals surface area contributed by atoms with E-state index in [1.807, 2.05) is 0 Å². The van der Waals surface area contributed by atoms with Crippen LogP contribution in [0.1, 0.15) is 5.56 Å². The van der Waals surface area contributed by atoms with Crippen LogP contribution in [0.3, 0.4) is 0 Å². The van der Waals surface area contributed by atoms with Crippen LogP contribution in [0.15, 0.2) is 18.2 Å². The predicted octanol–water partition coefficient (Wildman–Crippen LogP) is 0.384. The summed E-state index contributed by atoms with van der Waals surface area (Å²) in [4.78, 5) is 0. The molecule has 0 fully saturated rings. The van der Waals surface area contributed by atoms with Crippen LogP contribution in [0, 0.1) is 11.6 Å². The molecule has 0 saturated carbocycles. The van der Waals surface area contributed by atoms with Gasteiger partial charge < -0.3 is 0 Å². The summed E-state index contributed by atoms with van der Waals surface area (Å²) >= 11 is 0.